The van der Waals surface area contributed by atoms with Gasteiger partial charge in [-0.15, -0.1) is 0 Å². The Morgan fingerprint density at radius 1 is 1.77 bits per heavy atom. The summed E-state index contributed by atoms with van der Waals surface area (Å²) in [6, 6.07) is 0. The molecule has 1 unspecified atom stereocenters. The molecule has 1 N–H and O–H groups in total. The van der Waals surface area contributed by atoms with Crippen molar-refractivity contribution in [3.63, 3.8) is 0 Å². The summed E-state index contributed by atoms with van der Waals surface area (Å²) in [7, 11) is 0. The Hall–Kier alpha value is -0.524. The molecule has 0 saturated heterocycles. The molecule has 0 fully saturated rings. The quantitative estimate of drug-likeness (QED) is 0.561. The molecule has 0 radical (unpaired) electrons. The van der Waals surface area contributed by atoms with Crippen LogP contribution >= 0.6 is 0 Å². The Balaban J connectivity index is -0.000000169. The molecule has 0 saturated carbocycles. The zero-order chi connectivity index (χ0) is 11.3. The van der Waals surface area contributed by atoms with Crippen molar-refractivity contribution in [1.29, 1.82) is 0 Å². The van der Waals surface area contributed by atoms with Crippen molar-refractivity contribution in [2.45, 2.75) is 20.0 Å². The van der Waals surface area contributed by atoms with E-state index >= 15 is 0 Å². The molecule has 0 aliphatic heterocycles. The summed E-state index contributed by atoms with van der Waals surface area (Å²) in [6.45, 7) is 9.67. The van der Waals surface area contributed by atoms with Crippen LogP contribution in [-0.4, -0.2) is 23.8 Å². The van der Waals surface area contributed by atoms with Crippen LogP contribution in [0.4, 0.5) is 0 Å². The molecule has 5 heteroatoms. The van der Waals surface area contributed by atoms with E-state index in [1.165, 1.54) is 6.92 Å². The minimum atomic E-state index is -1.03. The molecule has 0 aromatic rings. The van der Waals surface area contributed by atoms with E-state index in [1.54, 1.807) is 6.92 Å². The van der Waals surface area contributed by atoms with E-state index in [2.05, 4.69) is 40.0 Å². The number of carbonyl (C=O) groups is 1. The molecule has 0 heterocycles. The average Bonchev–Trinajstić information content (AvgIpc) is 2.10. The zero-order valence-electron chi connectivity index (χ0n) is 7.70. The van der Waals surface area contributed by atoms with Crippen LogP contribution in [0.5, 0.6) is 0 Å². The molecule has 0 amide bonds. The summed E-state index contributed by atoms with van der Waals surface area (Å²) in [5, 5.41) is 8.45. The second kappa shape index (κ2) is 17.5. The minimum absolute atomic E-state index is 0.0731. The molecule has 13 heavy (non-hydrogen) atoms. The molecule has 0 spiro atoms. The molecular weight excluding hydrogens is 219 g/mol. The van der Waals surface area contributed by atoms with Gasteiger partial charge < -0.3 is 22.8 Å². The van der Waals surface area contributed by atoms with Gasteiger partial charge in [-0.25, -0.2) is 4.79 Å². The van der Waals surface area contributed by atoms with Gasteiger partial charge in [0.1, 0.15) is 6.10 Å². The number of aliphatic hydroxyl groups excluding tert-OH is 1. The Labute approximate surface area is 86.8 Å². The van der Waals surface area contributed by atoms with Gasteiger partial charge >= 0.3 is 25.5 Å². The molecule has 0 aromatic carbocycles. The van der Waals surface area contributed by atoms with E-state index < -0.39 is 12.1 Å². The zero-order valence-corrected chi connectivity index (χ0v) is 8.74. The standard InChI is InChI=1S/C5H9O3.C3H5.Co.O/c1-3-8-5(7)4(2)6;1-3-2;;/h4,6H,1,3H2,2H3;1H2,2H3;;/q2*-1;;. The Morgan fingerprint density at radius 3 is 2.15 bits per heavy atom. The van der Waals surface area contributed by atoms with Gasteiger partial charge in [-0.1, -0.05) is 0 Å². The summed E-state index contributed by atoms with van der Waals surface area (Å²) < 4.78 is 12.2. The number of carbonyl (C=O) groups excluding carboxylic acids is 1. The first-order valence-electron chi connectivity index (χ1n) is 3.31. The SMILES string of the molecule is C=[C-]C.[CH2-]COC(=O)C(C)O.[O]=[Co]. The molecule has 1 atom stereocenters. The second-order valence-electron chi connectivity index (χ2n) is 1.70. The van der Waals surface area contributed by atoms with Gasteiger partial charge in [0.2, 0.25) is 0 Å². The van der Waals surface area contributed by atoms with E-state index in [0.29, 0.717) is 0 Å². The first-order valence-corrected chi connectivity index (χ1v) is 3.74. The molecular formula is C8H14CoO4-2. The Morgan fingerprint density at radius 2 is 2.08 bits per heavy atom. The van der Waals surface area contributed by atoms with Crippen LogP contribution in [0.15, 0.2) is 6.58 Å². The van der Waals surface area contributed by atoms with Crippen LogP contribution in [0.25, 0.3) is 0 Å². The van der Waals surface area contributed by atoms with Gasteiger partial charge in [0.25, 0.3) is 0 Å². The van der Waals surface area contributed by atoms with Gasteiger partial charge in [-0.2, -0.15) is 6.92 Å². The molecule has 0 aromatic heterocycles. The Bertz CT molecular complexity index is 125. The Kier molecular flexibility index (Phi) is 24.7. The van der Waals surface area contributed by atoms with E-state index in [0.717, 1.165) is 0 Å². The number of hydrogen-bond donors (Lipinski definition) is 1. The maximum atomic E-state index is 10.2. The third-order valence-electron chi connectivity index (χ3n) is 0.585. The first-order chi connectivity index (χ1) is 6.09. The fourth-order valence-corrected chi connectivity index (χ4v) is 0.221. The van der Waals surface area contributed by atoms with E-state index in [9.17, 15) is 4.79 Å². The van der Waals surface area contributed by atoms with Gasteiger partial charge in [0.05, 0.1) is 0 Å². The number of rotatable bonds is 2. The summed E-state index contributed by atoms with van der Waals surface area (Å²) in [5.41, 5.74) is 0. The normalized spacial score (nSPS) is 9.31. The molecule has 81 valence electrons. The van der Waals surface area contributed by atoms with Gasteiger partial charge in [-0.3, -0.25) is 6.58 Å². The van der Waals surface area contributed by atoms with Crippen molar-refractivity contribution in [3.05, 3.63) is 19.6 Å². The maximum absolute atomic E-state index is 10.2. The van der Waals surface area contributed by atoms with Crippen molar-refractivity contribution >= 4 is 5.97 Å². The van der Waals surface area contributed by atoms with Crippen LogP contribution in [-0.2, 0) is 29.1 Å². The third-order valence-corrected chi connectivity index (χ3v) is 0.585. The summed E-state index contributed by atoms with van der Waals surface area (Å²) in [5.74, 6) is -0.625. The van der Waals surface area contributed by atoms with Crippen LogP contribution in [0.3, 0.4) is 0 Å². The van der Waals surface area contributed by atoms with Gasteiger partial charge in [-0.05, 0) is 13.5 Å². The number of esters is 1. The predicted molar refractivity (Wildman–Crippen MR) is 43.2 cm³/mol. The summed E-state index contributed by atoms with van der Waals surface area (Å²) in [6.07, 6.45) is 1.47. The topological polar surface area (TPSA) is 63.6 Å². The first kappa shape index (κ1) is 18.3. The molecule has 0 aliphatic carbocycles. The van der Waals surface area contributed by atoms with E-state index in [-0.39, 0.29) is 6.61 Å². The van der Waals surface area contributed by atoms with Crippen LogP contribution in [0.1, 0.15) is 13.8 Å². The van der Waals surface area contributed by atoms with Crippen molar-refractivity contribution in [2.24, 2.45) is 0 Å². The van der Waals surface area contributed by atoms with Crippen molar-refractivity contribution < 1.29 is 34.2 Å². The molecule has 0 rings (SSSR count). The van der Waals surface area contributed by atoms with Crippen molar-refractivity contribution in [2.75, 3.05) is 6.61 Å². The van der Waals surface area contributed by atoms with Crippen LogP contribution < -0.4 is 0 Å². The summed E-state index contributed by atoms with van der Waals surface area (Å²) >= 11 is 2.31. The van der Waals surface area contributed by atoms with E-state index in [1.807, 2.05) is 0 Å². The molecule has 0 aliphatic rings. The van der Waals surface area contributed by atoms with E-state index in [4.69, 9.17) is 8.97 Å². The van der Waals surface area contributed by atoms with Crippen LogP contribution in [0.2, 0.25) is 0 Å². The van der Waals surface area contributed by atoms with Crippen LogP contribution in [0, 0.1) is 13.0 Å². The van der Waals surface area contributed by atoms with Gasteiger partial charge in [0, 0.05) is 0 Å². The number of hydrogen-bond acceptors (Lipinski definition) is 4. The molecule has 4 nitrogen and oxygen atoms in total. The number of ether oxygens (including phenoxy) is 1. The second-order valence-corrected chi connectivity index (χ2v) is 1.70. The third kappa shape index (κ3) is 24.6. The number of allylic oxidation sites excluding steroid dienone is 1. The number of aliphatic hydroxyl groups is 1. The fraction of sp³-hybridized carbons (Fsp3) is 0.500. The van der Waals surface area contributed by atoms with Gasteiger partial charge in [0.15, 0.2) is 0 Å². The van der Waals surface area contributed by atoms with Crippen molar-refractivity contribution in [1.82, 2.24) is 0 Å². The monoisotopic (exact) mass is 233 g/mol. The fourth-order valence-electron chi connectivity index (χ4n) is 0.221. The average molecular weight is 233 g/mol. The molecule has 0 bridgehead atoms. The predicted octanol–water partition coefficient (Wildman–Crippen LogP) is 0.619. The summed E-state index contributed by atoms with van der Waals surface area (Å²) in [4.78, 5) is 10.2. The van der Waals surface area contributed by atoms with Crippen molar-refractivity contribution in [3.8, 4) is 0 Å².